The maximum absolute atomic E-state index is 12.5. The van der Waals surface area contributed by atoms with E-state index < -0.39 is 6.29 Å². The van der Waals surface area contributed by atoms with Gasteiger partial charge in [-0.3, -0.25) is 4.79 Å². The lowest BCUT2D eigenvalue weighted by Crippen LogP contribution is -2.26. The highest BCUT2D eigenvalue weighted by atomic mass is 16.7. The van der Waals surface area contributed by atoms with Gasteiger partial charge < -0.3 is 19.7 Å². The van der Waals surface area contributed by atoms with Crippen LogP contribution in [0.3, 0.4) is 0 Å². The number of para-hydroxylation sites is 1. The molecule has 1 fully saturated rings. The van der Waals surface area contributed by atoms with Gasteiger partial charge in [-0.05, 0) is 38.3 Å². The Morgan fingerprint density at radius 3 is 2.61 bits per heavy atom. The number of hydrogen-bond donors (Lipinski definition) is 1. The van der Waals surface area contributed by atoms with Gasteiger partial charge in [0.25, 0.3) is 5.91 Å². The zero-order valence-electron chi connectivity index (χ0n) is 16.6. The van der Waals surface area contributed by atoms with Crippen molar-refractivity contribution in [3.63, 3.8) is 0 Å². The molecule has 1 amide bonds. The van der Waals surface area contributed by atoms with Gasteiger partial charge in [-0.15, -0.1) is 5.10 Å². The van der Waals surface area contributed by atoms with E-state index >= 15 is 0 Å². The minimum absolute atomic E-state index is 0.244. The Kier molecular flexibility index (Phi) is 7.39. The van der Waals surface area contributed by atoms with Crippen molar-refractivity contribution < 1.29 is 14.3 Å². The lowest BCUT2D eigenvalue weighted by molar-refractivity contribution is -0.145. The van der Waals surface area contributed by atoms with E-state index in [1.807, 2.05) is 26.0 Å². The number of carbonyl (C=O) groups excluding carboxylic acids is 1. The molecule has 2 heterocycles. The number of hydrogen-bond acceptors (Lipinski definition) is 6. The van der Waals surface area contributed by atoms with Gasteiger partial charge in [0.1, 0.15) is 0 Å². The molecule has 1 N–H and O–H groups in total. The fourth-order valence-corrected chi connectivity index (χ4v) is 3.36. The molecule has 0 spiro atoms. The second-order valence-corrected chi connectivity index (χ2v) is 6.67. The summed E-state index contributed by atoms with van der Waals surface area (Å²) in [6.07, 6.45) is 3.65. The first-order valence-electron chi connectivity index (χ1n) is 9.95. The lowest BCUT2D eigenvalue weighted by Gasteiger charge is -2.21. The van der Waals surface area contributed by atoms with E-state index in [0.717, 1.165) is 18.7 Å². The van der Waals surface area contributed by atoms with Crippen molar-refractivity contribution in [2.45, 2.75) is 46.1 Å². The van der Waals surface area contributed by atoms with Crippen LogP contribution in [0, 0.1) is 0 Å². The number of nitrogens with one attached hydrogen (secondary N) is 1. The van der Waals surface area contributed by atoms with Crippen molar-refractivity contribution in [2.75, 3.05) is 31.2 Å². The van der Waals surface area contributed by atoms with Crippen LogP contribution >= 0.6 is 0 Å². The predicted octanol–water partition coefficient (Wildman–Crippen LogP) is 2.21. The SMILES string of the molecule is CCOC(Cn1cc(C(=O)NCc2ccccc2N2CCCC2)nn1)OCC. The van der Waals surface area contributed by atoms with Gasteiger partial charge in [0.05, 0.1) is 12.7 Å². The Hall–Kier alpha value is -2.45. The number of anilines is 1. The summed E-state index contributed by atoms with van der Waals surface area (Å²) in [6.45, 7) is 7.89. The molecular formula is C20H29N5O3. The van der Waals surface area contributed by atoms with Gasteiger partial charge in [0.2, 0.25) is 0 Å². The summed E-state index contributed by atoms with van der Waals surface area (Å²) in [4.78, 5) is 14.9. The summed E-state index contributed by atoms with van der Waals surface area (Å²) in [5.74, 6) is -0.244. The van der Waals surface area contributed by atoms with Crippen LogP contribution in [0.15, 0.2) is 30.5 Å². The van der Waals surface area contributed by atoms with Crippen molar-refractivity contribution in [1.29, 1.82) is 0 Å². The number of rotatable bonds is 10. The molecule has 0 unspecified atom stereocenters. The third-order valence-corrected chi connectivity index (χ3v) is 4.69. The largest absolute Gasteiger partial charge is 0.371 e. The molecule has 0 radical (unpaired) electrons. The Morgan fingerprint density at radius 1 is 1.18 bits per heavy atom. The van der Waals surface area contributed by atoms with Gasteiger partial charge >= 0.3 is 0 Å². The average Bonchev–Trinajstić information content (AvgIpc) is 3.39. The first-order valence-corrected chi connectivity index (χ1v) is 9.95. The molecule has 8 heteroatoms. The smallest absolute Gasteiger partial charge is 0.273 e. The minimum atomic E-state index is -0.403. The number of benzene rings is 1. The van der Waals surface area contributed by atoms with E-state index in [1.54, 1.807) is 10.9 Å². The molecule has 0 aliphatic carbocycles. The van der Waals surface area contributed by atoms with Crippen LogP contribution in [-0.4, -0.2) is 53.5 Å². The van der Waals surface area contributed by atoms with Crippen LogP contribution in [0.2, 0.25) is 0 Å². The summed E-state index contributed by atoms with van der Waals surface area (Å²) in [5, 5.41) is 10.9. The number of nitrogens with zero attached hydrogens (tertiary/aromatic N) is 4. The van der Waals surface area contributed by atoms with E-state index in [4.69, 9.17) is 9.47 Å². The summed E-state index contributed by atoms with van der Waals surface area (Å²) < 4.78 is 12.6. The molecule has 2 aromatic rings. The Morgan fingerprint density at radius 2 is 1.89 bits per heavy atom. The number of ether oxygens (including phenoxy) is 2. The third kappa shape index (κ3) is 5.30. The third-order valence-electron chi connectivity index (χ3n) is 4.69. The van der Waals surface area contributed by atoms with Crippen LogP contribution in [-0.2, 0) is 22.6 Å². The minimum Gasteiger partial charge on any atom is -0.371 e. The van der Waals surface area contributed by atoms with Crippen LogP contribution in [0.25, 0.3) is 0 Å². The molecule has 0 atom stereocenters. The van der Waals surface area contributed by atoms with Gasteiger partial charge in [-0.25, -0.2) is 4.68 Å². The molecule has 0 saturated carbocycles. The van der Waals surface area contributed by atoms with Crippen molar-refractivity contribution >= 4 is 11.6 Å². The van der Waals surface area contributed by atoms with Gasteiger partial charge in [-0.2, -0.15) is 0 Å². The molecule has 1 aliphatic heterocycles. The van der Waals surface area contributed by atoms with Crippen LogP contribution in [0.1, 0.15) is 42.7 Å². The van der Waals surface area contributed by atoms with E-state index in [1.165, 1.54) is 18.5 Å². The van der Waals surface area contributed by atoms with Crippen molar-refractivity contribution in [2.24, 2.45) is 0 Å². The predicted molar refractivity (Wildman–Crippen MR) is 106 cm³/mol. The Labute approximate surface area is 165 Å². The molecule has 1 saturated heterocycles. The van der Waals surface area contributed by atoms with E-state index in [9.17, 15) is 4.79 Å². The van der Waals surface area contributed by atoms with Crippen LogP contribution < -0.4 is 10.2 Å². The second kappa shape index (κ2) is 10.2. The number of carbonyl (C=O) groups is 1. The maximum atomic E-state index is 12.5. The van der Waals surface area contributed by atoms with Gasteiger partial charge in [0.15, 0.2) is 12.0 Å². The zero-order chi connectivity index (χ0) is 19.8. The standard InChI is InChI=1S/C20H29N5O3/c1-3-27-19(28-4-2)15-25-14-17(22-23-25)20(26)21-13-16-9-5-6-10-18(16)24-11-7-8-12-24/h5-6,9-10,14,19H,3-4,7-8,11-13,15H2,1-2H3,(H,21,26). The number of aromatic nitrogens is 3. The topological polar surface area (TPSA) is 81.5 Å². The number of amides is 1. The maximum Gasteiger partial charge on any atom is 0.273 e. The zero-order valence-corrected chi connectivity index (χ0v) is 16.6. The van der Waals surface area contributed by atoms with E-state index in [2.05, 4.69) is 32.7 Å². The molecule has 8 nitrogen and oxygen atoms in total. The molecule has 1 aromatic heterocycles. The second-order valence-electron chi connectivity index (χ2n) is 6.67. The van der Waals surface area contributed by atoms with Gasteiger partial charge in [0, 0.05) is 38.5 Å². The van der Waals surface area contributed by atoms with Crippen LogP contribution in [0.5, 0.6) is 0 Å². The quantitative estimate of drug-likeness (QED) is 0.630. The molecule has 3 rings (SSSR count). The average molecular weight is 387 g/mol. The summed E-state index contributed by atoms with van der Waals surface area (Å²) in [5.41, 5.74) is 2.59. The fraction of sp³-hybridized carbons (Fsp3) is 0.550. The van der Waals surface area contributed by atoms with E-state index in [0.29, 0.717) is 26.3 Å². The highest BCUT2D eigenvalue weighted by Crippen LogP contribution is 2.24. The first kappa shape index (κ1) is 20.3. The molecule has 1 aromatic carbocycles. The Balaban J connectivity index is 1.58. The Bertz CT molecular complexity index is 752. The van der Waals surface area contributed by atoms with Crippen LogP contribution in [0.4, 0.5) is 5.69 Å². The van der Waals surface area contributed by atoms with Gasteiger partial charge in [-0.1, -0.05) is 23.4 Å². The summed E-state index contributed by atoms with van der Waals surface area (Å²) >= 11 is 0. The molecule has 28 heavy (non-hydrogen) atoms. The summed E-state index contributed by atoms with van der Waals surface area (Å²) in [6, 6.07) is 8.21. The molecular weight excluding hydrogens is 358 g/mol. The highest BCUT2D eigenvalue weighted by molar-refractivity contribution is 5.91. The normalized spacial score (nSPS) is 14.0. The van der Waals surface area contributed by atoms with Crippen molar-refractivity contribution in [3.8, 4) is 0 Å². The van der Waals surface area contributed by atoms with Crippen molar-refractivity contribution in [1.82, 2.24) is 20.3 Å². The van der Waals surface area contributed by atoms with E-state index in [-0.39, 0.29) is 11.6 Å². The molecule has 152 valence electrons. The monoisotopic (exact) mass is 387 g/mol. The molecule has 1 aliphatic rings. The van der Waals surface area contributed by atoms with Crippen molar-refractivity contribution in [3.05, 3.63) is 41.7 Å². The highest BCUT2D eigenvalue weighted by Gasteiger charge is 2.17. The lowest BCUT2D eigenvalue weighted by atomic mass is 10.1. The molecule has 0 bridgehead atoms. The summed E-state index contributed by atoms with van der Waals surface area (Å²) in [7, 11) is 0. The first-order chi connectivity index (χ1) is 13.7. The fourth-order valence-electron chi connectivity index (χ4n) is 3.36.